The molecule has 4 aromatic carbocycles. The number of hydrogen-bond donors (Lipinski definition) is 2. The second-order valence-electron chi connectivity index (χ2n) is 13.2. The summed E-state index contributed by atoms with van der Waals surface area (Å²) in [5, 5.41) is 0. The molecular weight excluding hydrogens is 532 g/mol. The van der Waals surface area contributed by atoms with Gasteiger partial charge in [-0.1, -0.05) is 164 Å². The zero-order chi connectivity index (χ0) is 31.0. The molecule has 0 radical (unpaired) electrons. The topological polar surface area (TPSA) is 52.0 Å². The normalized spacial score (nSPS) is 11.6. The molecule has 0 saturated heterocycles. The molecule has 0 bridgehead atoms. The third-order valence-corrected chi connectivity index (χ3v) is 9.49. The van der Waals surface area contributed by atoms with Gasteiger partial charge in [-0.05, 0) is 76.9 Å². The van der Waals surface area contributed by atoms with Crippen LogP contribution in [0.15, 0.2) is 97.1 Å². The van der Waals surface area contributed by atoms with Crippen LogP contribution < -0.4 is 11.5 Å². The lowest BCUT2D eigenvalue weighted by Crippen LogP contribution is -2.24. The monoisotopic (exact) mass is 588 g/mol. The van der Waals surface area contributed by atoms with E-state index in [2.05, 4.69) is 86.6 Å². The summed E-state index contributed by atoms with van der Waals surface area (Å²) >= 11 is 0. The van der Waals surface area contributed by atoms with Crippen LogP contribution >= 0.6 is 0 Å². The van der Waals surface area contributed by atoms with E-state index < -0.39 is 0 Å². The first-order valence-electron chi connectivity index (χ1n) is 17.3. The first kappa shape index (κ1) is 33.4. The molecule has 0 spiro atoms. The van der Waals surface area contributed by atoms with Gasteiger partial charge in [0.25, 0.3) is 0 Å². The average molecular weight is 589 g/mol. The lowest BCUT2D eigenvalue weighted by atomic mass is 9.72. The van der Waals surface area contributed by atoms with Gasteiger partial charge in [0, 0.05) is 16.8 Å². The Labute approximate surface area is 268 Å². The molecular formula is C42H56N2. The summed E-state index contributed by atoms with van der Waals surface area (Å²) in [7, 11) is 0. The highest BCUT2D eigenvalue weighted by Gasteiger charge is 2.28. The number of rotatable bonds is 19. The van der Waals surface area contributed by atoms with E-state index in [-0.39, 0.29) is 5.41 Å². The Hall–Kier alpha value is -3.52. The van der Waals surface area contributed by atoms with Gasteiger partial charge in [0.1, 0.15) is 0 Å². The van der Waals surface area contributed by atoms with Gasteiger partial charge in [-0.25, -0.2) is 0 Å². The van der Waals surface area contributed by atoms with E-state index in [1.165, 1.54) is 117 Å². The van der Waals surface area contributed by atoms with Crippen LogP contribution in [-0.2, 0) is 18.3 Å². The highest BCUT2D eigenvalue weighted by atomic mass is 14.5. The molecule has 0 aromatic heterocycles. The fraction of sp³-hybridized carbons (Fsp3) is 0.429. The first-order valence-corrected chi connectivity index (χ1v) is 17.3. The Kier molecular flexibility index (Phi) is 13.4. The Morgan fingerprint density at radius 3 is 1.05 bits per heavy atom. The molecule has 0 atom stereocenters. The van der Waals surface area contributed by atoms with Gasteiger partial charge < -0.3 is 11.5 Å². The van der Waals surface area contributed by atoms with Crippen molar-refractivity contribution in [1.82, 2.24) is 0 Å². The zero-order valence-corrected chi connectivity index (χ0v) is 27.5. The largest absolute Gasteiger partial charge is 0.399 e. The summed E-state index contributed by atoms with van der Waals surface area (Å²) in [5.74, 6) is 0. The minimum absolute atomic E-state index is 0.0159. The molecule has 2 heteroatoms. The van der Waals surface area contributed by atoms with Crippen molar-refractivity contribution in [3.8, 4) is 0 Å². The van der Waals surface area contributed by atoms with E-state index in [1.807, 2.05) is 24.3 Å². The Morgan fingerprint density at radius 2 is 0.705 bits per heavy atom. The van der Waals surface area contributed by atoms with Crippen LogP contribution in [0.1, 0.15) is 131 Å². The minimum Gasteiger partial charge on any atom is -0.399 e. The van der Waals surface area contributed by atoms with E-state index in [9.17, 15) is 0 Å². The maximum atomic E-state index is 5.90. The standard InChI is InChI=1S/C42H56N2/c1-3-4-5-6-7-8-9-10-11-12-13-14-31-42(2,38-23-15-34(16-24-38)32-36-19-27-40(43)28-20-36)39-25-17-35(18-26-39)33-37-21-29-41(44)30-22-37/h15-30H,3-14,31-33,43-44H2,1-2H3. The zero-order valence-electron chi connectivity index (χ0n) is 27.5. The van der Waals surface area contributed by atoms with E-state index in [0.717, 1.165) is 24.2 Å². The number of nitrogen functional groups attached to an aromatic ring is 2. The smallest absolute Gasteiger partial charge is 0.0314 e. The van der Waals surface area contributed by atoms with Crippen molar-refractivity contribution < 1.29 is 0 Å². The summed E-state index contributed by atoms with van der Waals surface area (Å²) < 4.78 is 0. The van der Waals surface area contributed by atoms with E-state index in [1.54, 1.807) is 0 Å². The van der Waals surface area contributed by atoms with Gasteiger partial charge in [0.2, 0.25) is 0 Å². The molecule has 0 unspecified atom stereocenters. The number of unbranched alkanes of at least 4 members (excludes halogenated alkanes) is 11. The molecule has 0 amide bonds. The quantitative estimate of drug-likeness (QED) is 0.0845. The van der Waals surface area contributed by atoms with Crippen LogP contribution in [0.3, 0.4) is 0 Å². The SMILES string of the molecule is CCCCCCCCCCCCCCC(C)(c1ccc(Cc2ccc(N)cc2)cc1)c1ccc(Cc2ccc(N)cc2)cc1. The number of benzene rings is 4. The Bertz CT molecular complexity index is 1240. The van der Waals surface area contributed by atoms with E-state index in [0.29, 0.717) is 0 Å². The Balaban J connectivity index is 1.37. The minimum atomic E-state index is -0.0159. The fourth-order valence-electron chi connectivity index (χ4n) is 6.50. The van der Waals surface area contributed by atoms with Crippen LogP contribution in [0.5, 0.6) is 0 Å². The molecule has 2 nitrogen and oxygen atoms in total. The van der Waals surface area contributed by atoms with Crippen LogP contribution in [0.25, 0.3) is 0 Å². The van der Waals surface area contributed by atoms with E-state index in [4.69, 9.17) is 11.5 Å². The average Bonchev–Trinajstić information content (AvgIpc) is 3.04. The molecule has 0 aliphatic heterocycles. The third-order valence-electron chi connectivity index (χ3n) is 9.49. The molecule has 234 valence electrons. The number of hydrogen-bond acceptors (Lipinski definition) is 2. The predicted octanol–water partition coefficient (Wildman–Crippen LogP) is 11.4. The first-order chi connectivity index (χ1) is 21.5. The van der Waals surface area contributed by atoms with Crippen molar-refractivity contribution in [2.24, 2.45) is 0 Å². The second kappa shape index (κ2) is 17.7. The van der Waals surface area contributed by atoms with Crippen molar-refractivity contribution in [2.45, 2.75) is 116 Å². The van der Waals surface area contributed by atoms with Gasteiger partial charge in [-0.15, -0.1) is 0 Å². The molecule has 4 N–H and O–H groups in total. The Morgan fingerprint density at radius 1 is 0.409 bits per heavy atom. The van der Waals surface area contributed by atoms with Crippen LogP contribution in [0, 0.1) is 0 Å². The molecule has 0 saturated carbocycles. The summed E-state index contributed by atoms with van der Waals surface area (Å²) in [5.41, 5.74) is 21.5. The van der Waals surface area contributed by atoms with Crippen LogP contribution in [0.2, 0.25) is 0 Å². The van der Waals surface area contributed by atoms with Gasteiger partial charge in [0.05, 0.1) is 0 Å². The summed E-state index contributed by atoms with van der Waals surface area (Å²) in [6.45, 7) is 4.75. The highest BCUT2D eigenvalue weighted by Crippen LogP contribution is 2.38. The fourth-order valence-corrected chi connectivity index (χ4v) is 6.50. The van der Waals surface area contributed by atoms with Gasteiger partial charge >= 0.3 is 0 Å². The highest BCUT2D eigenvalue weighted by molar-refractivity contribution is 5.44. The third kappa shape index (κ3) is 10.6. The van der Waals surface area contributed by atoms with Crippen LogP contribution in [-0.4, -0.2) is 0 Å². The number of nitrogens with two attached hydrogens (primary N) is 2. The van der Waals surface area contributed by atoms with Crippen molar-refractivity contribution in [3.63, 3.8) is 0 Å². The summed E-state index contributed by atoms with van der Waals surface area (Å²) in [4.78, 5) is 0. The lowest BCUT2D eigenvalue weighted by Gasteiger charge is -2.32. The molecule has 0 aliphatic carbocycles. The van der Waals surface area contributed by atoms with Crippen molar-refractivity contribution >= 4 is 11.4 Å². The maximum Gasteiger partial charge on any atom is 0.0314 e. The maximum absolute atomic E-state index is 5.90. The van der Waals surface area contributed by atoms with Gasteiger partial charge in [-0.3, -0.25) is 0 Å². The molecule has 0 heterocycles. The molecule has 4 aromatic rings. The van der Waals surface area contributed by atoms with Crippen molar-refractivity contribution in [1.29, 1.82) is 0 Å². The number of anilines is 2. The van der Waals surface area contributed by atoms with Crippen molar-refractivity contribution in [3.05, 3.63) is 130 Å². The van der Waals surface area contributed by atoms with Gasteiger partial charge in [0.15, 0.2) is 0 Å². The molecule has 44 heavy (non-hydrogen) atoms. The second-order valence-corrected chi connectivity index (χ2v) is 13.2. The van der Waals surface area contributed by atoms with Gasteiger partial charge in [-0.2, -0.15) is 0 Å². The van der Waals surface area contributed by atoms with E-state index >= 15 is 0 Å². The molecule has 0 aliphatic rings. The van der Waals surface area contributed by atoms with Crippen molar-refractivity contribution in [2.75, 3.05) is 11.5 Å². The molecule has 4 rings (SSSR count). The lowest BCUT2D eigenvalue weighted by molar-refractivity contribution is 0.468. The predicted molar refractivity (Wildman–Crippen MR) is 192 cm³/mol. The summed E-state index contributed by atoms with van der Waals surface area (Å²) in [6, 6.07) is 35.3. The summed E-state index contributed by atoms with van der Waals surface area (Å²) in [6.07, 6.45) is 19.6. The van der Waals surface area contributed by atoms with Crippen LogP contribution in [0.4, 0.5) is 11.4 Å². The molecule has 0 fully saturated rings.